The lowest BCUT2D eigenvalue weighted by Gasteiger charge is -2.10. The first-order valence-corrected chi connectivity index (χ1v) is 6.44. The highest BCUT2D eigenvalue weighted by molar-refractivity contribution is 5.31. The van der Waals surface area contributed by atoms with Crippen molar-refractivity contribution in [2.45, 2.75) is 26.8 Å². The van der Waals surface area contributed by atoms with Crippen molar-refractivity contribution in [2.75, 3.05) is 6.54 Å². The van der Waals surface area contributed by atoms with Crippen LogP contribution in [-0.2, 0) is 13.0 Å². The molecule has 96 valence electrons. The molecule has 0 unspecified atom stereocenters. The van der Waals surface area contributed by atoms with Crippen LogP contribution < -0.4 is 5.32 Å². The first-order valence-electron chi connectivity index (χ1n) is 6.44. The monoisotopic (exact) mass is 241 g/mol. The fourth-order valence-corrected chi connectivity index (χ4v) is 1.95. The molecule has 0 saturated heterocycles. The van der Waals surface area contributed by atoms with Gasteiger partial charge >= 0.3 is 0 Å². The van der Waals surface area contributed by atoms with E-state index in [2.05, 4.69) is 50.5 Å². The molecule has 1 aromatic carbocycles. The number of rotatable bonds is 7. The van der Waals surface area contributed by atoms with E-state index in [0.717, 1.165) is 25.1 Å². The highest BCUT2D eigenvalue weighted by Crippen LogP contribution is 2.12. The summed E-state index contributed by atoms with van der Waals surface area (Å²) in [6.07, 6.45) is 6.72. The molecule has 1 aromatic rings. The van der Waals surface area contributed by atoms with E-state index in [4.69, 9.17) is 0 Å². The zero-order valence-corrected chi connectivity index (χ0v) is 11.5. The van der Waals surface area contributed by atoms with Gasteiger partial charge in [-0.25, -0.2) is 0 Å². The average molecular weight is 241 g/mol. The molecular weight excluding hydrogens is 218 g/mol. The van der Waals surface area contributed by atoms with E-state index < -0.39 is 0 Å². The van der Waals surface area contributed by atoms with Crippen LogP contribution in [-0.4, -0.2) is 6.54 Å². The SMILES string of the molecule is C=C/C=C(\C=C)CNCc1ccc(C)cc1CC. The predicted molar refractivity (Wildman–Crippen MR) is 80.7 cm³/mol. The maximum atomic E-state index is 3.79. The van der Waals surface area contributed by atoms with Crippen molar-refractivity contribution >= 4 is 0 Å². The number of aryl methyl sites for hydroxylation is 2. The lowest BCUT2D eigenvalue weighted by atomic mass is 10.0. The molecule has 0 fully saturated rings. The van der Waals surface area contributed by atoms with Crippen LogP contribution >= 0.6 is 0 Å². The molecule has 0 radical (unpaired) electrons. The Hall–Kier alpha value is -1.60. The molecule has 0 saturated carbocycles. The van der Waals surface area contributed by atoms with Crippen LogP contribution in [0.2, 0.25) is 0 Å². The van der Waals surface area contributed by atoms with Gasteiger partial charge < -0.3 is 5.32 Å². The molecule has 18 heavy (non-hydrogen) atoms. The number of nitrogens with one attached hydrogen (secondary N) is 1. The van der Waals surface area contributed by atoms with Crippen LogP contribution in [0, 0.1) is 6.92 Å². The van der Waals surface area contributed by atoms with Gasteiger partial charge in [0.25, 0.3) is 0 Å². The minimum Gasteiger partial charge on any atom is -0.309 e. The van der Waals surface area contributed by atoms with Gasteiger partial charge in [0.1, 0.15) is 0 Å². The van der Waals surface area contributed by atoms with Crippen LogP contribution in [0.5, 0.6) is 0 Å². The van der Waals surface area contributed by atoms with Crippen LogP contribution in [0.25, 0.3) is 0 Å². The second-order valence-electron chi connectivity index (χ2n) is 4.41. The number of hydrogen-bond donors (Lipinski definition) is 1. The van der Waals surface area contributed by atoms with Crippen LogP contribution in [0.1, 0.15) is 23.6 Å². The average Bonchev–Trinajstić information content (AvgIpc) is 2.39. The molecule has 0 heterocycles. The summed E-state index contributed by atoms with van der Waals surface area (Å²) in [4.78, 5) is 0. The molecule has 0 aliphatic rings. The molecule has 0 spiro atoms. The molecule has 0 amide bonds. The van der Waals surface area contributed by atoms with E-state index in [1.165, 1.54) is 16.7 Å². The lowest BCUT2D eigenvalue weighted by molar-refractivity contribution is 0.740. The summed E-state index contributed by atoms with van der Waals surface area (Å²) in [5.74, 6) is 0. The van der Waals surface area contributed by atoms with Crippen molar-refractivity contribution in [3.8, 4) is 0 Å². The topological polar surface area (TPSA) is 12.0 Å². The third-order valence-electron chi connectivity index (χ3n) is 2.98. The Balaban J connectivity index is 2.61. The largest absolute Gasteiger partial charge is 0.309 e. The van der Waals surface area contributed by atoms with Crippen LogP contribution in [0.4, 0.5) is 0 Å². The Bertz CT molecular complexity index is 441. The summed E-state index contributed by atoms with van der Waals surface area (Å²) in [5.41, 5.74) is 5.30. The summed E-state index contributed by atoms with van der Waals surface area (Å²) in [6, 6.07) is 6.65. The van der Waals surface area contributed by atoms with Crippen molar-refractivity contribution in [2.24, 2.45) is 0 Å². The van der Waals surface area contributed by atoms with Crippen LogP contribution in [0.3, 0.4) is 0 Å². The van der Waals surface area contributed by atoms with E-state index in [9.17, 15) is 0 Å². The fraction of sp³-hybridized carbons (Fsp3) is 0.294. The molecule has 1 heteroatoms. The van der Waals surface area contributed by atoms with Gasteiger partial charge in [0, 0.05) is 13.1 Å². The first kappa shape index (κ1) is 14.5. The van der Waals surface area contributed by atoms with E-state index in [-0.39, 0.29) is 0 Å². The van der Waals surface area contributed by atoms with Gasteiger partial charge in [-0.15, -0.1) is 0 Å². The Morgan fingerprint density at radius 3 is 2.67 bits per heavy atom. The second-order valence-corrected chi connectivity index (χ2v) is 4.41. The van der Waals surface area contributed by atoms with Crippen molar-refractivity contribution in [1.82, 2.24) is 5.32 Å². The van der Waals surface area contributed by atoms with Gasteiger partial charge in [-0.1, -0.05) is 62.1 Å². The molecule has 0 aliphatic heterocycles. The van der Waals surface area contributed by atoms with Gasteiger partial charge in [-0.2, -0.15) is 0 Å². The van der Waals surface area contributed by atoms with Gasteiger partial charge in [-0.05, 0) is 30.0 Å². The third-order valence-corrected chi connectivity index (χ3v) is 2.98. The summed E-state index contributed by atoms with van der Waals surface area (Å²) in [5, 5.41) is 3.44. The molecule has 1 rings (SSSR count). The molecule has 0 aromatic heterocycles. The third kappa shape index (κ3) is 4.34. The first-order chi connectivity index (χ1) is 8.71. The smallest absolute Gasteiger partial charge is 0.0211 e. The predicted octanol–water partition coefficient (Wildman–Crippen LogP) is 3.95. The molecule has 0 aliphatic carbocycles. The maximum Gasteiger partial charge on any atom is 0.0211 e. The van der Waals surface area contributed by atoms with Crippen molar-refractivity contribution < 1.29 is 0 Å². The van der Waals surface area contributed by atoms with Gasteiger partial charge in [0.15, 0.2) is 0 Å². The minimum absolute atomic E-state index is 0.826. The summed E-state index contributed by atoms with van der Waals surface area (Å²) in [7, 11) is 0. The Morgan fingerprint density at radius 2 is 2.06 bits per heavy atom. The zero-order chi connectivity index (χ0) is 13.4. The quantitative estimate of drug-likeness (QED) is 0.713. The Morgan fingerprint density at radius 1 is 1.28 bits per heavy atom. The zero-order valence-electron chi connectivity index (χ0n) is 11.5. The summed E-state index contributed by atoms with van der Waals surface area (Å²) >= 11 is 0. The molecule has 1 N–H and O–H groups in total. The van der Waals surface area contributed by atoms with Crippen molar-refractivity contribution in [3.05, 3.63) is 71.8 Å². The standard InChI is InChI=1S/C17H23N/c1-5-8-15(6-2)12-18-13-17-10-9-14(4)11-16(17)7-3/h5-6,8-11,18H,1-2,7,12-13H2,3-4H3/b15-8+. The summed E-state index contributed by atoms with van der Waals surface area (Å²) < 4.78 is 0. The van der Waals surface area contributed by atoms with E-state index in [0.29, 0.717) is 0 Å². The van der Waals surface area contributed by atoms with E-state index >= 15 is 0 Å². The lowest BCUT2D eigenvalue weighted by Crippen LogP contribution is -2.17. The van der Waals surface area contributed by atoms with Crippen LogP contribution in [0.15, 0.2) is 55.2 Å². The fourth-order valence-electron chi connectivity index (χ4n) is 1.95. The van der Waals surface area contributed by atoms with Gasteiger partial charge in [0.2, 0.25) is 0 Å². The Labute approximate surface area is 111 Å². The number of benzene rings is 1. The molecule has 1 nitrogen and oxygen atoms in total. The number of hydrogen-bond acceptors (Lipinski definition) is 1. The second kappa shape index (κ2) is 7.67. The molecular formula is C17H23N. The van der Waals surface area contributed by atoms with Crippen molar-refractivity contribution in [1.29, 1.82) is 0 Å². The molecule has 0 atom stereocenters. The van der Waals surface area contributed by atoms with E-state index in [1.807, 2.05) is 12.2 Å². The van der Waals surface area contributed by atoms with Gasteiger partial charge in [-0.3, -0.25) is 0 Å². The highest BCUT2D eigenvalue weighted by Gasteiger charge is 2.01. The molecule has 0 bridgehead atoms. The maximum absolute atomic E-state index is 3.79. The minimum atomic E-state index is 0.826. The van der Waals surface area contributed by atoms with Crippen molar-refractivity contribution in [3.63, 3.8) is 0 Å². The normalized spacial score (nSPS) is 11.3. The Kier molecular flexibility index (Phi) is 6.16. The van der Waals surface area contributed by atoms with Gasteiger partial charge in [0.05, 0.1) is 0 Å². The summed E-state index contributed by atoms with van der Waals surface area (Å²) in [6.45, 7) is 13.6. The number of allylic oxidation sites excluding steroid dienone is 2. The highest BCUT2D eigenvalue weighted by atomic mass is 14.8. The van der Waals surface area contributed by atoms with E-state index in [1.54, 1.807) is 6.08 Å².